The molecule has 0 aromatic heterocycles. The molecule has 0 unspecified atom stereocenters. The van der Waals surface area contributed by atoms with Gasteiger partial charge in [-0.15, -0.1) is 0 Å². The maximum absolute atomic E-state index is 12.6. The van der Waals surface area contributed by atoms with E-state index in [0.717, 1.165) is 5.56 Å². The average molecular weight is 360 g/mol. The highest BCUT2D eigenvalue weighted by Gasteiger charge is 2.18. The average Bonchev–Trinajstić information content (AvgIpc) is 2.67. The van der Waals surface area contributed by atoms with Gasteiger partial charge in [0.05, 0.1) is 6.04 Å². The van der Waals surface area contributed by atoms with Crippen molar-refractivity contribution in [3.63, 3.8) is 0 Å². The van der Waals surface area contributed by atoms with Crippen molar-refractivity contribution in [1.29, 1.82) is 0 Å². The second kappa shape index (κ2) is 8.14. The van der Waals surface area contributed by atoms with E-state index in [1.54, 1.807) is 24.3 Å². The van der Waals surface area contributed by atoms with Gasteiger partial charge >= 0.3 is 0 Å². The van der Waals surface area contributed by atoms with Gasteiger partial charge in [-0.1, -0.05) is 54.6 Å². The number of rotatable bonds is 6. The Labute approximate surface area is 159 Å². The van der Waals surface area contributed by atoms with Gasteiger partial charge in [0.2, 0.25) is 5.91 Å². The third kappa shape index (κ3) is 4.41. The number of ketones is 1. The molecule has 0 aliphatic carbocycles. The molecule has 0 aliphatic heterocycles. The zero-order chi connectivity index (χ0) is 19.4. The van der Waals surface area contributed by atoms with Crippen LogP contribution in [-0.4, -0.2) is 17.7 Å². The molecule has 3 rings (SSSR count). The summed E-state index contributed by atoms with van der Waals surface area (Å²) in [6.07, 6.45) is 0. The predicted octanol–water partition coefficient (Wildman–Crippen LogP) is 4.72. The number of Topliss-reactive ketones (excluding diaryl/α,β-unsaturated/α-hetero) is 1. The van der Waals surface area contributed by atoms with Gasteiger partial charge in [0.1, 0.15) is 0 Å². The fourth-order valence-electron chi connectivity index (χ4n) is 3.23. The fourth-order valence-corrected chi connectivity index (χ4v) is 3.23. The standard InChI is InChI=1S/C23H24N2O2/c1-15(21-13-7-9-18-8-4-5-12-22(18)21)24-16(2)23(27)25-20-11-6-10-19(14-20)17(3)26/h4-16,24H,1-3H3,(H,25,27)/t15-,16+/m1/s1. The van der Waals surface area contributed by atoms with E-state index in [4.69, 9.17) is 0 Å². The highest BCUT2D eigenvalue weighted by atomic mass is 16.2. The summed E-state index contributed by atoms with van der Waals surface area (Å²) in [5.74, 6) is -0.162. The van der Waals surface area contributed by atoms with Crippen LogP contribution in [0.4, 0.5) is 5.69 Å². The Balaban J connectivity index is 1.70. The Morgan fingerprint density at radius 3 is 2.37 bits per heavy atom. The first-order chi connectivity index (χ1) is 13.0. The van der Waals surface area contributed by atoms with Crippen LogP contribution in [0.3, 0.4) is 0 Å². The molecule has 0 spiro atoms. The summed E-state index contributed by atoms with van der Waals surface area (Å²) >= 11 is 0. The molecule has 0 fully saturated rings. The Hall–Kier alpha value is -2.98. The van der Waals surface area contributed by atoms with Crippen molar-refractivity contribution < 1.29 is 9.59 Å². The lowest BCUT2D eigenvalue weighted by Crippen LogP contribution is -2.39. The quantitative estimate of drug-likeness (QED) is 0.625. The van der Waals surface area contributed by atoms with Crippen LogP contribution in [0.5, 0.6) is 0 Å². The maximum Gasteiger partial charge on any atom is 0.241 e. The van der Waals surface area contributed by atoms with Crippen LogP contribution in [0.15, 0.2) is 66.7 Å². The zero-order valence-corrected chi connectivity index (χ0v) is 15.8. The van der Waals surface area contributed by atoms with Crippen molar-refractivity contribution in [3.8, 4) is 0 Å². The lowest BCUT2D eigenvalue weighted by Gasteiger charge is -2.21. The molecule has 0 saturated carbocycles. The highest BCUT2D eigenvalue weighted by molar-refractivity contribution is 5.98. The molecule has 0 radical (unpaired) electrons. The van der Waals surface area contributed by atoms with E-state index in [0.29, 0.717) is 11.3 Å². The molecule has 2 atom stereocenters. The van der Waals surface area contributed by atoms with E-state index in [1.165, 1.54) is 17.7 Å². The molecule has 0 bridgehead atoms. The number of nitrogens with one attached hydrogen (secondary N) is 2. The van der Waals surface area contributed by atoms with Gasteiger partial charge in [-0.3, -0.25) is 14.9 Å². The van der Waals surface area contributed by atoms with Crippen LogP contribution < -0.4 is 10.6 Å². The van der Waals surface area contributed by atoms with Crippen LogP contribution >= 0.6 is 0 Å². The van der Waals surface area contributed by atoms with Crippen molar-refractivity contribution in [3.05, 3.63) is 77.9 Å². The number of hydrogen-bond donors (Lipinski definition) is 2. The number of carbonyl (C=O) groups excluding carboxylic acids is 2. The highest BCUT2D eigenvalue weighted by Crippen LogP contribution is 2.24. The van der Waals surface area contributed by atoms with Gasteiger partial charge in [-0.25, -0.2) is 0 Å². The Kier molecular flexibility index (Phi) is 5.67. The van der Waals surface area contributed by atoms with Gasteiger partial charge in [-0.05, 0) is 49.2 Å². The summed E-state index contributed by atoms with van der Waals surface area (Å²) in [4.78, 5) is 24.1. The van der Waals surface area contributed by atoms with Gasteiger partial charge < -0.3 is 5.32 Å². The molecule has 27 heavy (non-hydrogen) atoms. The number of carbonyl (C=O) groups is 2. The van der Waals surface area contributed by atoms with Crippen molar-refractivity contribution in [2.24, 2.45) is 0 Å². The number of fused-ring (bicyclic) bond motifs is 1. The first-order valence-corrected chi connectivity index (χ1v) is 9.11. The number of anilines is 1. The second-order valence-corrected chi connectivity index (χ2v) is 6.80. The zero-order valence-electron chi connectivity index (χ0n) is 15.8. The number of benzene rings is 3. The van der Waals surface area contributed by atoms with Gasteiger partial charge in [0.15, 0.2) is 5.78 Å². The van der Waals surface area contributed by atoms with E-state index in [-0.39, 0.29) is 23.8 Å². The van der Waals surface area contributed by atoms with Crippen molar-refractivity contribution in [2.45, 2.75) is 32.9 Å². The van der Waals surface area contributed by atoms with Crippen molar-refractivity contribution in [1.82, 2.24) is 5.32 Å². The first kappa shape index (κ1) is 18.8. The monoisotopic (exact) mass is 360 g/mol. The minimum absolute atomic E-state index is 0.0143. The third-order valence-corrected chi connectivity index (χ3v) is 4.72. The summed E-state index contributed by atoms with van der Waals surface area (Å²) in [5, 5.41) is 8.61. The smallest absolute Gasteiger partial charge is 0.241 e. The molecule has 2 N–H and O–H groups in total. The number of hydrogen-bond acceptors (Lipinski definition) is 3. The van der Waals surface area contributed by atoms with Crippen LogP contribution in [0.1, 0.15) is 42.7 Å². The van der Waals surface area contributed by atoms with Crippen LogP contribution in [-0.2, 0) is 4.79 Å². The van der Waals surface area contributed by atoms with E-state index >= 15 is 0 Å². The van der Waals surface area contributed by atoms with Gasteiger partial charge in [0, 0.05) is 17.3 Å². The largest absolute Gasteiger partial charge is 0.325 e. The molecular weight excluding hydrogens is 336 g/mol. The number of amides is 1. The maximum atomic E-state index is 12.6. The topological polar surface area (TPSA) is 58.2 Å². The minimum atomic E-state index is -0.389. The minimum Gasteiger partial charge on any atom is -0.325 e. The van der Waals surface area contributed by atoms with Crippen LogP contribution in [0.25, 0.3) is 10.8 Å². The first-order valence-electron chi connectivity index (χ1n) is 9.11. The molecular formula is C23H24N2O2. The van der Waals surface area contributed by atoms with Crippen molar-refractivity contribution >= 4 is 28.2 Å². The summed E-state index contributed by atoms with van der Waals surface area (Å²) < 4.78 is 0. The predicted molar refractivity (Wildman–Crippen MR) is 110 cm³/mol. The second-order valence-electron chi connectivity index (χ2n) is 6.80. The van der Waals surface area contributed by atoms with Crippen LogP contribution in [0.2, 0.25) is 0 Å². The SMILES string of the molecule is CC(=O)c1cccc(NC(=O)[C@H](C)N[C@H](C)c2cccc3ccccc23)c1. The lowest BCUT2D eigenvalue weighted by atomic mass is 9.99. The Bertz CT molecular complexity index is 976. The third-order valence-electron chi connectivity index (χ3n) is 4.72. The van der Waals surface area contributed by atoms with E-state index < -0.39 is 0 Å². The molecule has 3 aromatic rings. The van der Waals surface area contributed by atoms with Crippen LogP contribution in [0, 0.1) is 0 Å². The molecule has 0 heterocycles. The summed E-state index contributed by atoms with van der Waals surface area (Å²) in [5.41, 5.74) is 2.36. The molecule has 138 valence electrons. The normalized spacial score (nSPS) is 13.1. The van der Waals surface area contributed by atoms with Crippen molar-refractivity contribution in [2.75, 3.05) is 5.32 Å². The Morgan fingerprint density at radius 1 is 0.889 bits per heavy atom. The van der Waals surface area contributed by atoms with Gasteiger partial charge in [0.25, 0.3) is 0 Å². The molecule has 4 nitrogen and oxygen atoms in total. The van der Waals surface area contributed by atoms with Gasteiger partial charge in [-0.2, -0.15) is 0 Å². The molecule has 3 aromatic carbocycles. The lowest BCUT2D eigenvalue weighted by molar-refractivity contribution is -0.117. The summed E-state index contributed by atoms with van der Waals surface area (Å²) in [7, 11) is 0. The van der Waals surface area contributed by atoms with E-state index in [9.17, 15) is 9.59 Å². The molecule has 0 saturated heterocycles. The summed E-state index contributed by atoms with van der Waals surface area (Å²) in [6.45, 7) is 5.41. The van der Waals surface area contributed by atoms with E-state index in [1.807, 2.05) is 25.1 Å². The Morgan fingerprint density at radius 2 is 1.59 bits per heavy atom. The van der Waals surface area contributed by atoms with E-state index in [2.05, 4.69) is 41.8 Å². The summed E-state index contributed by atoms with van der Waals surface area (Å²) in [6, 6.07) is 21.0. The molecule has 1 amide bonds. The fraction of sp³-hybridized carbons (Fsp3) is 0.217. The molecule has 0 aliphatic rings. The molecule has 4 heteroatoms.